The maximum atomic E-state index is 12.6. The zero-order valence-corrected chi connectivity index (χ0v) is 15.2. The quantitative estimate of drug-likeness (QED) is 0.622. The summed E-state index contributed by atoms with van der Waals surface area (Å²) in [5.41, 5.74) is 0.873. The smallest absolute Gasteiger partial charge is 0.415 e. The average Bonchev–Trinajstić information content (AvgIpc) is 3.03. The molecule has 1 N–H and O–H groups in total. The van der Waals surface area contributed by atoms with Crippen molar-refractivity contribution >= 4 is 23.6 Å². The van der Waals surface area contributed by atoms with Gasteiger partial charge in [-0.1, -0.05) is 12.1 Å². The zero-order chi connectivity index (χ0) is 20.4. The van der Waals surface area contributed by atoms with Crippen molar-refractivity contribution < 1.29 is 29.0 Å². The Morgan fingerprint density at radius 1 is 1.21 bits per heavy atom. The molecule has 9 heteroatoms. The van der Waals surface area contributed by atoms with Crippen molar-refractivity contribution in [2.45, 2.75) is 0 Å². The Labute approximate surface area is 165 Å². The second-order valence-electron chi connectivity index (χ2n) is 6.43. The minimum atomic E-state index is -0.490. The van der Waals surface area contributed by atoms with Gasteiger partial charge in [0.2, 0.25) is 5.78 Å². The van der Waals surface area contributed by atoms with E-state index >= 15 is 0 Å². The number of hydrogen-bond acceptors (Lipinski definition) is 8. The lowest BCUT2D eigenvalue weighted by atomic mass is 10.1. The molecule has 150 valence electrons. The fourth-order valence-electron chi connectivity index (χ4n) is 3.03. The third-order valence-electron chi connectivity index (χ3n) is 4.50. The molecule has 4 rings (SSSR count). The van der Waals surface area contributed by atoms with Crippen LogP contribution in [-0.4, -0.2) is 48.3 Å². The molecule has 1 fully saturated rings. The Balaban J connectivity index is 1.51. The minimum absolute atomic E-state index is 0.0274. The monoisotopic (exact) mass is 397 g/mol. The van der Waals surface area contributed by atoms with E-state index in [0.29, 0.717) is 37.4 Å². The highest BCUT2D eigenvalue weighted by molar-refractivity contribution is 6.14. The molecule has 0 aliphatic carbocycles. The lowest BCUT2D eigenvalue weighted by molar-refractivity contribution is 0.0416. The van der Waals surface area contributed by atoms with Gasteiger partial charge in [-0.05, 0) is 35.9 Å². The fraction of sp³-hybridized carbons (Fsp3) is 0.200. The van der Waals surface area contributed by atoms with Gasteiger partial charge >= 0.3 is 6.09 Å². The Hall–Kier alpha value is -3.40. The van der Waals surface area contributed by atoms with E-state index in [1.54, 1.807) is 17.0 Å². The summed E-state index contributed by atoms with van der Waals surface area (Å²) < 4.78 is 16.2. The molecule has 0 unspecified atom stereocenters. The maximum absolute atomic E-state index is 12.6. The third kappa shape index (κ3) is 4.06. The summed E-state index contributed by atoms with van der Waals surface area (Å²) >= 11 is 0. The van der Waals surface area contributed by atoms with Gasteiger partial charge in [0, 0.05) is 19.2 Å². The number of hydrogen-bond donors (Lipinski definition) is 1. The summed E-state index contributed by atoms with van der Waals surface area (Å²) in [6.45, 7) is 1.85. The van der Waals surface area contributed by atoms with E-state index in [2.05, 4.69) is 0 Å². The first-order chi connectivity index (χ1) is 14.0. The number of rotatable bonds is 3. The molecule has 0 saturated carbocycles. The second-order valence-corrected chi connectivity index (χ2v) is 6.43. The van der Waals surface area contributed by atoms with Crippen molar-refractivity contribution in [3.63, 3.8) is 0 Å². The van der Waals surface area contributed by atoms with Crippen LogP contribution < -0.4 is 14.7 Å². The van der Waals surface area contributed by atoms with Crippen LogP contribution in [0.1, 0.15) is 15.9 Å². The number of ketones is 1. The van der Waals surface area contributed by atoms with Crippen LogP contribution in [0, 0.1) is 5.21 Å². The van der Waals surface area contributed by atoms with E-state index in [-0.39, 0.29) is 34.0 Å². The number of benzene rings is 2. The molecule has 29 heavy (non-hydrogen) atoms. The topological polar surface area (TPSA) is 112 Å². The molecule has 1 saturated heterocycles. The van der Waals surface area contributed by atoms with Crippen LogP contribution in [0.3, 0.4) is 0 Å². The second kappa shape index (κ2) is 7.92. The summed E-state index contributed by atoms with van der Waals surface area (Å²) in [7, 11) is 0. The molecule has 2 aliphatic heterocycles. The first kappa shape index (κ1) is 18.9. The van der Waals surface area contributed by atoms with Gasteiger partial charge in [0.25, 0.3) is 0 Å². The predicted molar refractivity (Wildman–Crippen MR) is 102 cm³/mol. The molecule has 2 aromatic rings. The number of carbonyl (C=O) groups excluding carboxylic acids is 2. The van der Waals surface area contributed by atoms with Crippen molar-refractivity contribution in [1.82, 2.24) is 4.90 Å². The van der Waals surface area contributed by atoms with E-state index in [9.17, 15) is 14.8 Å². The van der Waals surface area contributed by atoms with Crippen molar-refractivity contribution in [3.8, 4) is 11.5 Å². The van der Waals surface area contributed by atoms with Gasteiger partial charge in [0.15, 0.2) is 5.76 Å². The number of allylic oxidation sites excluding steroid dienone is 1. The molecule has 0 spiro atoms. The molecule has 9 nitrogen and oxygen atoms in total. The summed E-state index contributed by atoms with van der Waals surface area (Å²) in [5.74, 6) is 0.263. The normalized spacial score (nSPS) is 17.1. The van der Waals surface area contributed by atoms with Gasteiger partial charge < -0.3 is 29.5 Å². The van der Waals surface area contributed by atoms with Crippen LogP contribution in [-0.2, 0) is 4.74 Å². The van der Waals surface area contributed by atoms with E-state index < -0.39 is 6.09 Å². The number of anilines is 1. The molecular formula is C20H17N2O7-. The van der Waals surface area contributed by atoms with Crippen molar-refractivity contribution in [3.05, 3.63) is 64.6 Å². The number of amides is 1. The average molecular weight is 397 g/mol. The summed E-state index contributed by atoms with van der Waals surface area (Å²) in [4.78, 5) is 26.3. The molecule has 0 atom stereocenters. The Morgan fingerprint density at radius 3 is 2.76 bits per heavy atom. The van der Waals surface area contributed by atoms with E-state index in [1.807, 2.05) is 0 Å². The summed E-state index contributed by atoms with van der Waals surface area (Å²) in [6.07, 6.45) is 0.977. The van der Waals surface area contributed by atoms with Crippen LogP contribution in [0.15, 0.2) is 48.2 Å². The van der Waals surface area contributed by atoms with Crippen LogP contribution in [0.5, 0.6) is 11.5 Å². The van der Waals surface area contributed by atoms with Crippen LogP contribution >= 0.6 is 0 Å². The van der Waals surface area contributed by atoms with Gasteiger partial charge in [0.1, 0.15) is 11.5 Å². The van der Waals surface area contributed by atoms with Crippen LogP contribution in [0.25, 0.3) is 6.08 Å². The Kier molecular flexibility index (Phi) is 5.17. The molecule has 0 aromatic heterocycles. The highest BCUT2D eigenvalue weighted by Crippen LogP contribution is 2.35. The molecule has 2 aromatic carbocycles. The largest absolute Gasteiger partial charge is 0.733 e. The van der Waals surface area contributed by atoms with Gasteiger partial charge in [0.05, 0.1) is 24.5 Å². The summed E-state index contributed by atoms with van der Waals surface area (Å²) in [6, 6.07) is 10.6. The maximum Gasteiger partial charge on any atom is 0.415 e. The first-order valence-corrected chi connectivity index (χ1v) is 8.90. The highest BCUT2D eigenvalue weighted by atomic mass is 16.8. The molecule has 0 radical (unpaired) electrons. The molecular weight excluding hydrogens is 380 g/mol. The van der Waals surface area contributed by atoms with Gasteiger partial charge in [-0.2, -0.15) is 0 Å². The van der Waals surface area contributed by atoms with E-state index in [1.165, 1.54) is 36.4 Å². The van der Waals surface area contributed by atoms with Crippen LogP contribution in [0.2, 0.25) is 0 Å². The summed E-state index contributed by atoms with van der Waals surface area (Å²) in [5, 5.41) is 19.8. The third-order valence-corrected chi connectivity index (χ3v) is 4.50. The van der Waals surface area contributed by atoms with E-state index in [0.717, 1.165) is 0 Å². The molecule has 0 bridgehead atoms. The molecule has 1 amide bonds. The standard InChI is InChI=1S/C20H17N2O7/c23-19-16-5-4-15(28-20(24)21-6-8-27-9-7-21)12-17(16)29-18(19)11-13-2-1-3-14(10-13)22(25)26/h1-5,10-12,25H,6-9H2/q-1. The number of ether oxygens (including phenoxy) is 3. The number of carbonyl (C=O) groups is 2. The zero-order valence-electron chi connectivity index (χ0n) is 15.2. The molecule has 2 heterocycles. The van der Waals surface area contributed by atoms with Crippen molar-refractivity contribution in [2.24, 2.45) is 0 Å². The number of Topliss-reactive ketones (excluding diaryl/α,β-unsaturated/α-hetero) is 1. The number of morpholine rings is 1. The number of nitrogens with zero attached hydrogens (tertiary/aromatic N) is 2. The lowest BCUT2D eigenvalue weighted by Crippen LogP contribution is -2.42. The first-order valence-electron chi connectivity index (χ1n) is 8.90. The predicted octanol–water partition coefficient (Wildman–Crippen LogP) is 2.83. The highest BCUT2D eigenvalue weighted by Gasteiger charge is 2.28. The molecule has 2 aliphatic rings. The van der Waals surface area contributed by atoms with Crippen molar-refractivity contribution in [1.29, 1.82) is 0 Å². The van der Waals surface area contributed by atoms with Crippen LogP contribution in [0.4, 0.5) is 10.5 Å². The van der Waals surface area contributed by atoms with Crippen molar-refractivity contribution in [2.75, 3.05) is 31.5 Å². The van der Waals surface area contributed by atoms with Gasteiger partial charge in [-0.3, -0.25) is 10.0 Å². The SMILES string of the molecule is O=C1C(=Cc2cccc(N([O-])O)c2)Oc2cc(OC(=O)N3CCOCC3)ccc21. The number of fused-ring (bicyclic) bond motifs is 1. The van der Waals surface area contributed by atoms with Gasteiger partial charge in [-0.25, -0.2) is 4.79 Å². The van der Waals surface area contributed by atoms with Gasteiger partial charge in [-0.15, -0.1) is 0 Å². The Morgan fingerprint density at radius 2 is 2.00 bits per heavy atom. The minimum Gasteiger partial charge on any atom is -0.733 e. The Bertz CT molecular complexity index is 981. The van der Waals surface area contributed by atoms with E-state index in [4.69, 9.17) is 19.4 Å². The fourth-order valence-corrected chi connectivity index (χ4v) is 3.03. The lowest BCUT2D eigenvalue weighted by Gasteiger charge is -2.25.